The van der Waals surface area contributed by atoms with Gasteiger partial charge in [0.25, 0.3) is 0 Å². The van der Waals surface area contributed by atoms with Crippen LogP contribution in [0.1, 0.15) is 5.56 Å². The number of hydrogen-bond donors (Lipinski definition) is 1. The van der Waals surface area contributed by atoms with Gasteiger partial charge in [-0.3, -0.25) is 5.10 Å². The first kappa shape index (κ1) is 8.80. The van der Waals surface area contributed by atoms with E-state index in [9.17, 15) is 8.78 Å². The summed E-state index contributed by atoms with van der Waals surface area (Å²) in [4.78, 5) is 3.69. The van der Waals surface area contributed by atoms with Crippen LogP contribution in [-0.2, 0) is 0 Å². The molecule has 1 N–H and O–H groups in total. The van der Waals surface area contributed by atoms with Crippen LogP contribution in [0.15, 0.2) is 18.5 Å². The van der Waals surface area contributed by atoms with E-state index in [1.165, 1.54) is 18.5 Å². The first-order chi connectivity index (χ1) is 6.68. The molecular weight excluding hydrogens is 188 g/mol. The fourth-order valence-corrected chi connectivity index (χ4v) is 1.24. The quantitative estimate of drug-likeness (QED) is 0.756. The average molecular weight is 195 g/mol. The Hall–Kier alpha value is -1.78. The maximum absolute atomic E-state index is 13.3. The zero-order valence-electron chi connectivity index (χ0n) is 7.38. The molecule has 2 aromatic rings. The lowest BCUT2D eigenvalue weighted by molar-refractivity contribution is 0.585. The van der Waals surface area contributed by atoms with Crippen LogP contribution in [0.5, 0.6) is 0 Å². The predicted molar refractivity (Wildman–Crippen MR) is 46.5 cm³/mol. The summed E-state index contributed by atoms with van der Waals surface area (Å²) in [6.07, 6.45) is 1.27. The summed E-state index contributed by atoms with van der Waals surface area (Å²) in [5.74, 6) is -1.27. The first-order valence-corrected chi connectivity index (χ1v) is 4.00. The Morgan fingerprint density at radius 1 is 1.21 bits per heavy atom. The third-order valence-electron chi connectivity index (χ3n) is 1.83. The Bertz CT molecular complexity index is 428. The topological polar surface area (TPSA) is 41.6 Å². The van der Waals surface area contributed by atoms with Gasteiger partial charge in [0.1, 0.15) is 18.0 Å². The van der Waals surface area contributed by atoms with Crippen LogP contribution in [0.2, 0.25) is 0 Å². The molecule has 3 nitrogen and oxygen atoms in total. The van der Waals surface area contributed by atoms with E-state index in [0.29, 0.717) is 5.56 Å². The minimum Gasteiger partial charge on any atom is -0.265 e. The molecule has 0 saturated heterocycles. The molecule has 5 heteroatoms. The number of aryl methyl sites for hydroxylation is 1. The van der Waals surface area contributed by atoms with Crippen molar-refractivity contribution in [2.45, 2.75) is 6.92 Å². The van der Waals surface area contributed by atoms with Crippen molar-refractivity contribution in [2.75, 3.05) is 0 Å². The largest absolute Gasteiger partial charge is 0.265 e. The molecule has 0 fully saturated rings. The number of rotatable bonds is 1. The second kappa shape index (κ2) is 3.17. The lowest BCUT2D eigenvalue weighted by Crippen LogP contribution is -1.93. The van der Waals surface area contributed by atoms with Gasteiger partial charge in [0.2, 0.25) is 0 Å². The summed E-state index contributed by atoms with van der Waals surface area (Å²) >= 11 is 0. The van der Waals surface area contributed by atoms with E-state index in [2.05, 4.69) is 15.2 Å². The lowest BCUT2D eigenvalue weighted by Gasteiger charge is -2.01. The highest BCUT2D eigenvalue weighted by atomic mass is 19.1. The Balaban J connectivity index is 2.64. The van der Waals surface area contributed by atoms with Gasteiger partial charge in [0.15, 0.2) is 5.82 Å². The summed E-state index contributed by atoms with van der Waals surface area (Å²) in [6, 6.07) is 2.49. The minimum atomic E-state index is -0.651. The molecule has 2 rings (SSSR count). The van der Waals surface area contributed by atoms with Crippen molar-refractivity contribution in [2.24, 2.45) is 0 Å². The molecule has 0 aliphatic heterocycles. The van der Waals surface area contributed by atoms with E-state index in [1.807, 2.05) is 0 Å². The number of aromatic nitrogens is 3. The maximum atomic E-state index is 13.3. The molecule has 0 radical (unpaired) electrons. The van der Waals surface area contributed by atoms with Gasteiger partial charge in [-0.2, -0.15) is 5.10 Å². The standard InChI is InChI=1S/C9H7F2N3/c1-5-2-6(10)8(7(11)3-5)9-12-4-13-14-9/h2-4H,1H3,(H,12,13,14). The van der Waals surface area contributed by atoms with E-state index in [4.69, 9.17) is 0 Å². The molecule has 0 amide bonds. The Morgan fingerprint density at radius 3 is 2.36 bits per heavy atom. The van der Waals surface area contributed by atoms with Crippen LogP contribution in [-0.4, -0.2) is 15.2 Å². The van der Waals surface area contributed by atoms with Crippen molar-refractivity contribution in [3.8, 4) is 11.4 Å². The minimum absolute atomic E-state index is 0.0278. The molecule has 1 aromatic carbocycles. The van der Waals surface area contributed by atoms with Gasteiger partial charge in [0.05, 0.1) is 5.56 Å². The predicted octanol–water partition coefficient (Wildman–Crippen LogP) is 2.06. The number of hydrogen-bond acceptors (Lipinski definition) is 2. The van der Waals surface area contributed by atoms with E-state index >= 15 is 0 Å². The first-order valence-electron chi connectivity index (χ1n) is 4.00. The SMILES string of the molecule is Cc1cc(F)c(-c2nc[nH]n2)c(F)c1. The third-order valence-corrected chi connectivity index (χ3v) is 1.83. The fraction of sp³-hybridized carbons (Fsp3) is 0.111. The molecule has 14 heavy (non-hydrogen) atoms. The molecule has 1 aromatic heterocycles. The highest BCUT2D eigenvalue weighted by Crippen LogP contribution is 2.23. The Labute approximate surface area is 78.8 Å². The lowest BCUT2D eigenvalue weighted by atomic mass is 10.1. The monoisotopic (exact) mass is 195 g/mol. The van der Waals surface area contributed by atoms with Crippen molar-refractivity contribution in [3.05, 3.63) is 35.7 Å². The summed E-state index contributed by atoms with van der Waals surface area (Å²) in [5.41, 5.74) is 0.330. The van der Waals surface area contributed by atoms with Crippen molar-refractivity contribution in [1.82, 2.24) is 15.2 Å². The van der Waals surface area contributed by atoms with Crippen molar-refractivity contribution in [1.29, 1.82) is 0 Å². The second-order valence-corrected chi connectivity index (χ2v) is 2.93. The molecule has 0 spiro atoms. The number of halogens is 2. The number of aromatic amines is 1. The van der Waals surface area contributed by atoms with E-state index < -0.39 is 11.6 Å². The van der Waals surface area contributed by atoms with Crippen LogP contribution < -0.4 is 0 Å². The van der Waals surface area contributed by atoms with Gasteiger partial charge in [-0.05, 0) is 24.6 Å². The van der Waals surface area contributed by atoms with Crippen LogP contribution in [0.4, 0.5) is 8.78 Å². The Kier molecular flexibility index (Phi) is 1.99. The zero-order chi connectivity index (χ0) is 10.1. The van der Waals surface area contributed by atoms with Crippen LogP contribution in [0, 0.1) is 18.6 Å². The van der Waals surface area contributed by atoms with Gasteiger partial charge >= 0.3 is 0 Å². The third kappa shape index (κ3) is 1.37. The number of benzene rings is 1. The Morgan fingerprint density at radius 2 is 1.86 bits per heavy atom. The van der Waals surface area contributed by atoms with Gasteiger partial charge in [-0.15, -0.1) is 0 Å². The summed E-state index contributed by atoms with van der Waals surface area (Å²) in [7, 11) is 0. The molecule has 72 valence electrons. The van der Waals surface area contributed by atoms with Crippen molar-refractivity contribution in [3.63, 3.8) is 0 Å². The molecule has 0 atom stereocenters. The van der Waals surface area contributed by atoms with Crippen molar-refractivity contribution < 1.29 is 8.78 Å². The van der Waals surface area contributed by atoms with Gasteiger partial charge < -0.3 is 0 Å². The summed E-state index contributed by atoms with van der Waals surface area (Å²) in [6.45, 7) is 1.62. The number of nitrogens with one attached hydrogen (secondary N) is 1. The summed E-state index contributed by atoms with van der Waals surface area (Å²) < 4.78 is 26.7. The summed E-state index contributed by atoms with van der Waals surface area (Å²) in [5, 5.41) is 6.02. The van der Waals surface area contributed by atoms with Crippen LogP contribution >= 0.6 is 0 Å². The normalized spacial score (nSPS) is 10.5. The fourth-order valence-electron chi connectivity index (χ4n) is 1.24. The molecule has 0 aliphatic rings. The van der Waals surface area contributed by atoms with Gasteiger partial charge in [-0.1, -0.05) is 0 Å². The number of nitrogens with zero attached hydrogens (tertiary/aromatic N) is 2. The molecule has 0 saturated carbocycles. The highest BCUT2D eigenvalue weighted by Gasteiger charge is 2.14. The molecule has 0 unspecified atom stereocenters. The molecule has 0 bridgehead atoms. The maximum Gasteiger partial charge on any atom is 0.186 e. The van der Waals surface area contributed by atoms with Gasteiger partial charge in [-0.25, -0.2) is 13.8 Å². The molecule has 1 heterocycles. The average Bonchev–Trinajstić information content (AvgIpc) is 2.54. The molecule has 0 aliphatic carbocycles. The zero-order valence-corrected chi connectivity index (χ0v) is 7.38. The van der Waals surface area contributed by atoms with Crippen LogP contribution in [0.3, 0.4) is 0 Å². The van der Waals surface area contributed by atoms with Gasteiger partial charge in [0, 0.05) is 0 Å². The van der Waals surface area contributed by atoms with E-state index in [-0.39, 0.29) is 11.4 Å². The number of H-pyrrole nitrogens is 1. The second-order valence-electron chi connectivity index (χ2n) is 2.93. The van der Waals surface area contributed by atoms with E-state index in [1.54, 1.807) is 6.92 Å². The van der Waals surface area contributed by atoms with Crippen LogP contribution in [0.25, 0.3) is 11.4 Å². The van der Waals surface area contributed by atoms with Crippen molar-refractivity contribution >= 4 is 0 Å². The smallest absolute Gasteiger partial charge is 0.186 e. The highest BCUT2D eigenvalue weighted by molar-refractivity contribution is 5.56. The van der Waals surface area contributed by atoms with E-state index in [0.717, 1.165) is 0 Å². The molecular formula is C9H7F2N3.